The van der Waals surface area contributed by atoms with Gasteiger partial charge in [0.15, 0.2) is 12.5 Å². The van der Waals surface area contributed by atoms with Gasteiger partial charge in [0, 0.05) is 13.8 Å². The van der Waals surface area contributed by atoms with Crippen LogP contribution in [0.15, 0.2) is 0 Å². The van der Waals surface area contributed by atoms with Crippen LogP contribution in [0.5, 0.6) is 0 Å². The second kappa shape index (κ2) is 14.2. The van der Waals surface area contributed by atoms with E-state index in [9.17, 15) is 10.2 Å². The highest BCUT2D eigenvalue weighted by molar-refractivity contribution is 4.52. The fourth-order valence-electron chi connectivity index (χ4n) is 3.54. The number of quaternary nitrogens is 1. The van der Waals surface area contributed by atoms with Crippen LogP contribution in [-0.2, 0) is 0 Å². The molecule has 0 aromatic rings. The van der Waals surface area contributed by atoms with Crippen molar-refractivity contribution in [3.8, 4) is 0 Å². The monoisotopic (exact) mass is 330 g/mol. The van der Waals surface area contributed by atoms with E-state index in [-0.39, 0.29) is 0 Å². The van der Waals surface area contributed by atoms with Gasteiger partial charge in [-0.2, -0.15) is 0 Å². The number of aliphatic hydroxyl groups is 2. The van der Waals surface area contributed by atoms with Crippen molar-refractivity contribution in [1.82, 2.24) is 0 Å². The summed E-state index contributed by atoms with van der Waals surface area (Å²) in [6.45, 7) is 9.97. The summed E-state index contributed by atoms with van der Waals surface area (Å²) in [4.78, 5) is 0. The Labute approximate surface area is 145 Å². The first kappa shape index (κ1) is 22.9. The van der Waals surface area contributed by atoms with Crippen LogP contribution in [0.2, 0.25) is 0 Å². The number of unbranched alkanes of at least 4 members (excludes halogenated alkanes) is 10. The molecule has 2 N–H and O–H groups in total. The molecule has 0 spiro atoms. The van der Waals surface area contributed by atoms with Crippen molar-refractivity contribution in [2.24, 2.45) is 0 Å². The zero-order valence-electron chi connectivity index (χ0n) is 16.4. The average Bonchev–Trinajstić information content (AvgIpc) is 2.51. The van der Waals surface area contributed by atoms with Crippen molar-refractivity contribution in [3.63, 3.8) is 0 Å². The Morgan fingerprint density at radius 3 is 1.17 bits per heavy atom. The smallest absolute Gasteiger partial charge is 0.189 e. The molecule has 0 aliphatic rings. The molecule has 2 unspecified atom stereocenters. The van der Waals surface area contributed by atoms with E-state index in [0.29, 0.717) is 4.48 Å². The van der Waals surface area contributed by atoms with E-state index in [2.05, 4.69) is 13.8 Å². The van der Waals surface area contributed by atoms with Gasteiger partial charge in [0.25, 0.3) is 0 Å². The Morgan fingerprint density at radius 2 is 0.870 bits per heavy atom. The second-order valence-electron chi connectivity index (χ2n) is 7.35. The van der Waals surface area contributed by atoms with Crippen molar-refractivity contribution >= 4 is 0 Å². The van der Waals surface area contributed by atoms with Crippen LogP contribution in [0.3, 0.4) is 0 Å². The van der Waals surface area contributed by atoms with E-state index in [1.807, 2.05) is 13.8 Å². The van der Waals surface area contributed by atoms with E-state index in [0.717, 1.165) is 25.9 Å². The summed E-state index contributed by atoms with van der Waals surface area (Å²) in [6, 6.07) is 0. The van der Waals surface area contributed by atoms with Gasteiger partial charge in [0.1, 0.15) is 0 Å². The van der Waals surface area contributed by atoms with Crippen LogP contribution < -0.4 is 0 Å². The molecule has 0 amide bonds. The van der Waals surface area contributed by atoms with Crippen LogP contribution in [0, 0.1) is 0 Å². The molecule has 0 saturated heterocycles. The van der Waals surface area contributed by atoms with Gasteiger partial charge in [-0.1, -0.05) is 65.2 Å². The number of aliphatic hydroxyl groups excluding tert-OH is 2. The molecule has 3 nitrogen and oxygen atoms in total. The molecule has 3 heteroatoms. The molecule has 0 saturated carbocycles. The van der Waals surface area contributed by atoms with E-state index in [1.165, 1.54) is 64.2 Å². The molecule has 0 aliphatic heterocycles. The zero-order valence-corrected chi connectivity index (χ0v) is 16.4. The minimum Gasteiger partial charge on any atom is -0.345 e. The number of nitrogens with zero attached hydrogens (tertiary/aromatic N) is 1. The molecule has 2 atom stereocenters. The van der Waals surface area contributed by atoms with Gasteiger partial charge in [-0.3, -0.25) is 4.48 Å². The lowest BCUT2D eigenvalue weighted by atomic mass is 10.1. The first-order valence-electron chi connectivity index (χ1n) is 10.2. The van der Waals surface area contributed by atoms with E-state index in [1.54, 1.807) is 0 Å². The third-order valence-corrected chi connectivity index (χ3v) is 5.34. The van der Waals surface area contributed by atoms with Gasteiger partial charge < -0.3 is 10.2 Å². The molecular formula is C20H44NO2+. The Balaban J connectivity index is 4.24. The second-order valence-corrected chi connectivity index (χ2v) is 7.35. The fraction of sp³-hybridized carbons (Fsp3) is 1.00. The Kier molecular flexibility index (Phi) is 14.2. The van der Waals surface area contributed by atoms with Crippen LogP contribution in [-0.4, -0.2) is 40.2 Å². The van der Waals surface area contributed by atoms with E-state index < -0.39 is 12.5 Å². The predicted molar refractivity (Wildman–Crippen MR) is 100 cm³/mol. The Bertz CT molecular complexity index is 228. The molecule has 0 heterocycles. The molecule has 140 valence electrons. The molecule has 0 aromatic heterocycles. The molecule has 0 fully saturated rings. The van der Waals surface area contributed by atoms with Crippen molar-refractivity contribution < 1.29 is 14.7 Å². The van der Waals surface area contributed by atoms with Crippen LogP contribution in [0.4, 0.5) is 0 Å². The first-order valence-corrected chi connectivity index (χ1v) is 10.2. The quantitative estimate of drug-likeness (QED) is 0.232. The predicted octanol–water partition coefficient (Wildman–Crippen LogP) is 5.20. The largest absolute Gasteiger partial charge is 0.345 e. The molecule has 0 aromatic carbocycles. The molecule has 0 rings (SSSR count). The van der Waals surface area contributed by atoms with Gasteiger partial charge in [-0.15, -0.1) is 0 Å². The average molecular weight is 331 g/mol. The van der Waals surface area contributed by atoms with Gasteiger partial charge in [-0.05, 0) is 25.7 Å². The van der Waals surface area contributed by atoms with E-state index in [4.69, 9.17) is 0 Å². The summed E-state index contributed by atoms with van der Waals surface area (Å²) in [5.74, 6) is 0. The summed E-state index contributed by atoms with van der Waals surface area (Å²) in [7, 11) is 0. The maximum atomic E-state index is 10.3. The molecule has 0 radical (unpaired) electrons. The summed E-state index contributed by atoms with van der Waals surface area (Å²) in [5, 5.41) is 20.7. The third-order valence-electron chi connectivity index (χ3n) is 5.34. The normalized spacial score (nSPS) is 14.9. The first-order chi connectivity index (χ1) is 11.0. The zero-order chi connectivity index (χ0) is 17.6. The highest BCUT2D eigenvalue weighted by atomic mass is 16.3. The molecule has 23 heavy (non-hydrogen) atoms. The van der Waals surface area contributed by atoms with Crippen LogP contribution in [0.1, 0.15) is 105 Å². The lowest BCUT2D eigenvalue weighted by Crippen LogP contribution is -2.60. The summed E-state index contributed by atoms with van der Waals surface area (Å²) in [5.41, 5.74) is 0. The van der Waals surface area contributed by atoms with E-state index >= 15 is 0 Å². The van der Waals surface area contributed by atoms with Crippen molar-refractivity contribution in [1.29, 1.82) is 0 Å². The lowest BCUT2D eigenvalue weighted by molar-refractivity contribution is -1.01. The summed E-state index contributed by atoms with van der Waals surface area (Å²) in [6.07, 6.45) is 14.1. The van der Waals surface area contributed by atoms with Gasteiger partial charge in [0.2, 0.25) is 0 Å². The highest BCUT2D eigenvalue weighted by Gasteiger charge is 2.36. The summed E-state index contributed by atoms with van der Waals surface area (Å²) < 4.78 is 0.460. The lowest BCUT2D eigenvalue weighted by Gasteiger charge is -2.43. The minimum absolute atomic E-state index is 0.460. The maximum Gasteiger partial charge on any atom is 0.189 e. The minimum atomic E-state index is -0.485. The van der Waals surface area contributed by atoms with Crippen molar-refractivity contribution in [3.05, 3.63) is 0 Å². The van der Waals surface area contributed by atoms with Gasteiger partial charge in [0.05, 0.1) is 13.1 Å². The highest BCUT2D eigenvalue weighted by Crippen LogP contribution is 2.22. The van der Waals surface area contributed by atoms with Crippen molar-refractivity contribution in [2.45, 2.75) is 117 Å². The number of hydrogen-bond donors (Lipinski definition) is 2. The molecular weight excluding hydrogens is 286 g/mol. The summed E-state index contributed by atoms with van der Waals surface area (Å²) >= 11 is 0. The fourth-order valence-corrected chi connectivity index (χ4v) is 3.54. The standard InChI is InChI=1S/C20H44NO2/c1-5-7-9-11-13-15-17-21(19(3)22,20(4)23)18-16-14-12-10-8-6-2/h19-20,22-23H,5-18H2,1-4H3/q+1. The number of hydrogen-bond acceptors (Lipinski definition) is 2. The third kappa shape index (κ3) is 9.69. The van der Waals surface area contributed by atoms with Crippen LogP contribution in [0.25, 0.3) is 0 Å². The Hall–Kier alpha value is -0.120. The Morgan fingerprint density at radius 1 is 0.565 bits per heavy atom. The molecule has 0 bridgehead atoms. The maximum absolute atomic E-state index is 10.3. The topological polar surface area (TPSA) is 40.5 Å². The molecule has 0 aliphatic carbocycles. The van der Waals surface area contributed by atoms with Crippen LogP contribution >= 0.6 is 0 Å². The van der Waals surface area contributed by atoms with Gasteiger partial charge in [-0.25, -0.2) is 0 Å². The SMILES string of the molecule is CCCCCCCC[N+](CCCCCCCC)(C(C)O)C(C)O. The van der Waals surface area contributed by atoms with Crippen molar-refractivity contribution in [2.75, 3.05) is 13.1 Å². The number of rotatable bonds is 16. The van der Waals surface area contributed by atoms with Gasteiger partial charge >= 0.3 is 0 Å².